The van der Waals surface area contributed by atoms with Gasteiger partial charge in [0.1, 0.15) is 0 Å². The van der Waals surface area contributed by atoms with E-state index in [9.17, 15) is 13.2 Å². The van der Waals surface area contributed by atoms with E-state index >= 15 is 0 Å². The minimum absolute atomic E-state index is 0.103. The van der Waals surface area contributed by atoms with Gasteiger partial charge in [-0.1, -0.05) is 6.07 Å². The van der Waals surface area contributed by atoms with E-state index in [0.717, 1.165) is 23.4 Å². The monoisotopic (exact) mass is 283 g/mol. The fraction of sp³-hybridized carbons (Fsp3) is 0.357. The first kappa shape index (κ1) is 14.4. The molecule has 0 spiro atoms. The van der Waals surface area contributed by atoms with Crippen molar-refractivity contribution in [2.75, 3.05) is 5.73 Å². The Morgan fingerprint density at radius 3 is 2.30 bits per heavy atom. The number of nitrogen functional groups attached to an aromatic ring is 1. The smallest absolute Gasteiger partial charge is 0.398 e. The number of aryl methyl sites for hydroxylation is 1. The fourth-order valence-corrected chi connectivity index (χ4v) is 1.99. The number of hydrogen-bond donors (Lipinski definition) is 1. The molecule has 0 aliphatic carbocycles. The zero-order valence-electron chi connectivity index (χ0n) is 11.5. The lowest BCUT2D eigenvalue weighted by atomic mass is 10.0. The Balaban J connectivity index is 2.49. The van der Waals surface area contributed by atoms with E-state index in [0.29, 0.717) is 5.56 Å². The second-order valence-electron chi connectivity index (χ2n) is 5.00. The molecule has 108 valence electrons. The van der Waals surface area contributed by atoms with Crippen molar-refractivity contribution in [3.05, 3.63) is 35.7 Å². The molecule has 1 aromatic carbocycles. The van der Waals surface area contributed by atoms with Gasteiger partial charge in [-0.05, 0) is 32.9 Å². The van der Waals surface area contributed by atoms with Crippen molar-refractivity contribution in [1.82, 2.24) is 9.78 Å². The van der Waals surface area contributed by atoms with Crippen molar-refractivity contribution in [1.29, 1.82) is 0 Å². The molecule has 0 amide bonds. The van der Waals surface area contributed by atoms with E-state index in [-0.39, 0.29) is 11.7 Å². The number of rotatable bonds is 2. The average Bonchev–Trinajstić information content (AvgIpc) is 2.70. The summed E-state index contributed by atoms with van der Waals surface area (Å²) in [4.78, 5) is 0. The number of nitrogens with two attached hydrogens (primary N) is 1. The molecule has 0 aliphatic heterocycles. The minimum atomic E-state index is -4.39. The Morgan fingerprint density at radius 2 is 1.85 bits per heavy atom. The molecule has 0 bridgehead atoms. The molecular weight excluding hydrogens is 267 g/mol. The summed E-state index contributed by atoms with van der Waals surface area (Å²) in [5, 5.41) is 4.34. The molecule has 6 heteroatoms. The van der Waals surface area contributed by atoms with Crippen molar-refractivity contribution in [3.63, 3.8) is 0 Å². The van der Waals surface area contributed by atoms with Gasteiger partial charge >= 0.3 is 6.18 Å². The third-order valence-electron chi connectivity index (χ3n) is 3.11. The molecule has 2 aromatic rings. The second-order valence-corrected chi connectivity index (χ2v) is 5.00. The molecule has 2 rings (SSSR count). The lowest BCUT2D eigenvalue weighted by Gasteiger charge is -2.10. The van der Waals surface area contributed by atoms with Gasteiger partial charge in [-0.2, -0.15) is 18.3 Å². The zero-order chi connectivity index (χ0) is 15.1. The first-order valence-corrected chi connectivity index (χ1v) is 6.23. The molecule has 0 saturated heterocycles. The summed E-state index contributed by atoms with van der Waals surface area (Å²) in [7, 11) is 0. The predicted octanol–water partition coefficient (Wildman–Crippen LogP) is 4.04. The number of hydrogen-bond acceptors (Lipinski definition) is 2. The van der Waals surface area contributed by atoms with Crippen LogP contribution in [0.5, 0.6) is 0 Å². The molecule has 0 aliphatic rings. The van der Waals surface area contributed by atoms with Gasteiger partial charge in [0.05, 0.1) is 11.3 Å². The van der Waals surface area contributed by atoms with Crippen LogP contribution in [0.1, 0.15) is 31.1 Å². The second kappa shape index (κ2) is 4.85. The van der Waals surface area contributed by atoms with Crippen LogP contribution in [0.15, 0.2) is 24.4 Å². The quantitative estimate of drug-likeness (QED) is 0.845. The Labute approximate surface area is 115 Å². The van der Waals surface area contributed by atoms with E-state index in [4.69, 9.17) is 5.73 Å². The number of benzene rings is 1. The summed E-state index contributed by atoms with van der Waals surface area (Å²) >= 11 is 0. The Hall–Kier alpha value is -1.98. The number of alkyl halides is 3. The van der Waals surface area contributed by atoms with E-state index in [1.165, 1.54) is 6.07 Å². The van der Waals surface area contributed by atoms with Crippen LogP contribution < -0.4 is 5.73 Å². The van der Waals surface area contributed by atoms with E-state index < -0.39 is 11.7 Å². The molecule has 0 saturated carbocycles. The van der Waals surface area contributed by atoms with E-state index in [2.05, 4.69) is 5.10 Å². The summed E-state index contributed by atoms with van der Waals surface area (Å²) in [6.07, 6.45) is -2.58. The molecule has 1 heterocycles. The summed E-state index contributed by atoms with van der Waals surface area (Å²) < 4.78 is 39.6. The molecule has 0 fully saturated rings. The van der Waals surface area contributed by atoms with Gasteiger partial charge in [-0.25, -0.2) is 0 Å². The van der Waals surface area contributed by atoms with Crippen LogP contribution in [0.25, 0.3) is 11.1 Å². The SMILES string of the molecule is Cc1nn(C(C)C)cc1-c1ccc(C(F)(F)F)cc1N. The molecule has 0 radical (unpaired) electrons. The van der Waals surface area contributed by atoms with Crippen molar-refractivity contribution in [3.8, 4) is 11.1 Å². The highest BCUT2D eigenvalue weighted by molar-refractivity contribution is 5.77. The van der Waals surface area contributed by atoms with Gasteiger partial charge in [-0.3, -0.25) is 4.68 Å². The third kappa shape index (κ3) is 2.64. The number of nitrogens with zero attached hydrogens (tertiary/aromatic N) is 2. The van der Waals surface area contributed by atoms with Gasteiger partial charge < -0.3 is 5.73 Å². The van der Waals surface area contributed by atoms with Crippen molar-refractivity contribution < 1.29 is 13.2 Å². The summed E-state index contributed by atoms with van der Waals surface area (Å²) in [6.45, 7) is 5.77. The Kier molecular flexibility index (Phi) is 3.50. The van der Waals surface area contributed by atoms with Gasteiger partial charge in [0.15, 0.2) is 0 Å². The van der Waals surface area contributed by atoms with Crippen LogP contribution in [-0.4, -0.2) is 9.78 Å². The maximum atomic E-state index is 12.6. The zero-order valence-corrected chi connectivity index (χ0v) is 11.5. The van der Waals surface area contributed by atoms with Crippen LogP contribution in [0.4, 0.5) is 18.9 Å². The lowest BCUT2D eigenvalue weighted by Crippen LogP contribution is -2.06. The van der Waals surface area contributed by atoms with Gasteiger partial charge in [0, 0.05) is 29.1 Å². The highest BCUT2D eigenvalue weighted by Gasteiger charge is 2.31. The van der Waals surface area contributed by atoms with Gasteiger partial charge in [-0.15, -0.1) is 0 Å². The lowest BCUT2D eigenvalue weighted by molar-refractivity contribution is -0.137. The maximum absolute atomic E-state index is 12.6. The number of aromatic nitrogens is 2. The topological polar surface area (TPSA) is 43.8 Å². The predicted molar refractivity (Wildman–Crippen MR) is 72.2 cm³/mol. The largest absolute Gasteiger partial charge is 0.416 e. The van der Waals surface area contributed by atoms with Gasteiger partial charge in [0.25, 0.3) is 0 Å². The standard InChI is InChI=1S/C14H16F3N3/c1-8(2)20-7-12(9(3)19-20)11-5-4-10(6-13(11)18)14(15,16)17/h4-8H,18H2,1-3H3. The number of halogens is 3. The number of anilines is 1. The summed E-state index contributed by atoms with van der Waals surface area (Å²) in [6, 6.07) is 3.57. The fourth-order valence-electron chi connectivity index (χ4n) is 1.99. The maximum Gasteiger partial charge on any atom is 0.416 e. The van der Waals surface area contributed by atoms with Crippen LogP contribution in [0, 0.1) is 6.92 Å². The van der Waals surface area contributed by atoms with Crippen molar-refractivity contribution in [2.24, 2.45) is 0 Å². The highest BCUT2D eigenvalue weighted by atomic mass is 19.4. The summed E-state index contributed by atoms with van der Waals surface area (Å²) in [5.41, 5.74) is 7.19. The van der Waals surface area contributed by atoms with Crippen LogP contribution >= 0.6 is 0 Å². The molecule has 0 unspecified atom stereocenters. The van der Waals surface area contributed by atoms with Crippen LogP contribution in [0.3, 0.4) is 0 Å². The molecule has 3 nitrogen and oxygen atoms in total. The average molecular weight is 283 g/mol. The highest BCUT2D eigenvalue weighted by Crippen LogP contribution is 2.35. The molecule has 2 N–H and O–H groups in total. The molecule has 1 aromatic heterocycles. The third-order valence-corrected chi connectivity index (χ3v) is 3.11. The van der Waals surface area contributed by atoms with Crippen LogP contribution in [0.2, 0.25) is 0 Å². The molecular formula is C14H16F3N3. The van der Waals surface area contributed by atoms with Crippen molar-refractivity contribution >= 4 is 5.69 Å². The minimum Gasteiger partial charge on any atom is -0.398 e. The molecule has 0 atom stereocenters. The van der Waals surface area contributed by atoms with Crippen LogP contribution in [-0.2, 0) is 6.18 Å². The summed E-state index contributed by atoms with van der Waals surface area (Å²) in [5.74, 6) is 0. The normalized spacial score (nSPS) is 12.2. The Morgan fingerprint density at radius 1 is 1.20 bits per heavy atom. The first-order chi connectivity index (χ1) is 9.20. The van der Waals surface area contributed by atoms with E-state index in [1.807, 2.05) is 20.8 Å². The van der Waals surface area contributed by atoms with E-state index in [1.54, 1.807) is 10.9 Å². The van der Waals surface area contributed by atoms with Crippen molar-refractivity contribution in [2.45, 2.75) is 33.0 Å². The first-order valence-electron chi connectivity index (χ1n) is 6.23. The van der Waals surface area contributed by atoms with Gasteiger partial charge in [0.2, 0.25) is 0 Å². The molecule has 20 heavy (non-hydrogen) atoms. The Bertz CT molecular complexity index is 627.